The number of amides is 2. The molecule has 1 aliphatic rings. The Labute approximate surface area is 215 Å². The molecule has 3 aromatic heterocycles. The Morgan fingerprint density at radius 2 is 1.78 bits per heavy atom. The third kappa shape index (κ3) is 4.15. The van der Waals surface area contributed by atoms with Crippen molar-refractivity contribution in [1.29, 1.82) is 0 Å². The van der Waals surface area contributed by atoms with Crippen LogP contribution in [-0.4, -0.2) is 26.8 Å². The summed E-state index contributed by atoms with van der Waals surface area (Å²) in [6.07, 6.45) is 5.60. The van der Waals surface area contributed by atoms with E-state index < -0.39 is 0 Å². The highest BCUT2D eigenvalue weighted by atomic mass is 32.1. The average molecular weight is 506 g/mol. The molecule has 37 heavy (non-hydrogen) atoms. The molecule has 0 aliphatic heterocycles. The lowest BCUT2D eigenvalue weighted by molar-refractivity contribution is -0.117. The van der Waals surface area contributed by atoms with E-state index in [0.717, 1.165) is 61.6 Å². The Bertz CT molecular complexity index is 1820. The number of carbonyl (C=O) groups excluding carboxylic acids is 2. The second-order valence-electron chi connectivity index (χ2n) is 9.51. The van der Waals surface area contributed by atoms with E-state index in [2.05, 4.69) is 37.7 Å². The van der Waals surface area contributed by atoms with Gasteiger partial charge in [-0.2, -0.15) is 0 Å². The van der Waals surface area contributed by atoms with Gasteiger partial charge in [-0.25, -0.2) is 4.98 Å². The molecule has 0 bridgehead atoms. The Hall–Kier alpha value is -4.43. The van der Waals surface area contributed by atoms with Gasteiger partial charge in [0.2, 0.25) is 5.91 Å². The lowest BCUT2D eigenvalue weighted by atomic mass is 10.0. The highest BCUT2D eigenvalue weighted by Crippen LogP contribution is 2.34. The fraction of sp³-hybridized carbons (Fsp3) is 0.138. The van der Waals surface area contributed by atoms with Crippen LogP contribution in [0.3, 0.4) is 0 Å². The zero-order valence-electron chi connectivity index (χ0n) is 19.8. The van der Waals surface area contributed by atoms with Gasteiger partial charge < -0.3 is 20.6 Å². The number of benzene rings is 3. The molecule has 1 fully saturated rings. The Morgan fingerprint density at radius 1 is 0.946 bits per heavy atom. The van der Waals surface area contributed by atoms with Crippen LogP contribution in [0.5, 0.6) is 0 Å². The molecule has 1 saturated carbocycles. The molecule has 1 aliphatic carbocycles. The molecule has 7 rings (SSSR count). The van der Waals surface area contributed by atoms with Crippen LogP contribution >= 0.6 is 11.3 Å². The lowest BCUT2D eigenvalue weighted by Gasteiger charge is -2.06. The maximum Gasteiger partial charge on any atom is 0.253 e. The normalized spacial score (nSPS) is 13.4. The second-order valence-corrected chi connectivity index (χ2v) is 10.5. The van der Waals surface area contributed by atoms with Gasteiger partial charge in [0.15, 0.2) is 5.13 Å². The minimum Gasteiger partial charge on any atom is -0.361 e. The molecule has 182 valence electrons. The molecule has 0 atom stereocenters. The van der Waals surface area contributed by atoms with Crippen molar-refractivity contribution in [3.05, 3.63) is 84.2 Å². The number of anilines is 1. The summed E-state index contributed by atoms with van der Waals surface area (Å²) in [5.41, 5.74) is 6.56. The van der Waals surface area contributed by atoms with E-state index in [1.54, 1.807) is 6.20 Å². The summed E-state index contributed by atoms with van der Waals surface area (Å²) >= 11 is 1.48. The quantitative estimate of drug-likeness (QED) is 0.217. The molecule has 4 N–H and O–H groups in total. The SMILES string of the molecule is O=C(NCc1ccc2[nH]ccc2c1)c1c[nH]c2ccc(-c3ccc4nc(NC(=O)C5CC5)sc4c3)cc12. The fourth-order valence-electron chi connectivity index (χ4n) is 4.69. The number of hydrogen-bond donors (Lipinski definition) is 4. The van der Waals surface area contributed by atoms with E-state index >= 15 is 0 Å². The van der Waals surface area contributed by atoms with Crippen molar-refractivity contribution in [2.24, 2.45) is 5.92 Å². The molecule has 7 nitrogen and oxygen atoms in total. The van der Waals surface area contributed by atoms with Crippen molar-refractivity contribution in [2.75, 3.05) is 5.32 Å². The number of aromatic amines is 2. The molecular weight excluding hydrogens is 482 g/mol. The molecule has 3 aromatic carbocycles. The smallest absolute Gasteiger partial charge is 0.253 e. The number of aromatic nitrogens is 3. The molecule has 0 unspecified atom stereocenters. The van der Waals surface area contributed by atoms with Crippen molar-refractivity contribution in [3.8, 4) is 11.1 Å². The summed E-state index contributed by atoms with van der Waals surface area (Å²) in [6, 6.07) is 20.3. The van der Waals surface area contributed by atoms with Gasteiger partial charge >= 0.3 is 0 Å². The van der Waals surface area contributed by atoms with E-state index in [0.29, 0.717) is 17.2 Å². The van der Waals surface area contributed by atoms with E-state index in [-0.39, 0.29) is 17.7 Å². The van der Waals surface area contributed by atoms with Gasteiger partial charge in [0, 0.05) is 41.3 Å². The van der Waals surface area contributed by atoms with Crippen LogP contribution in [-0.2, 0) is 11.3 Å². The number of hydrogen-bond acceptors (Lipinski definition) is 4. The monoisotopic (exact) mass is 505 g/mol. The largest absolute Gasteiger partial charge is 0.361 e. The molecule has 6 aromatic rings. The van der Waals surface area contributed by atoms with E-state index in [1.165, 1.54) is 11.3 Å². The summed E-state index contributed by atoms with van der Waals surface area (Å²) in [5.74, 6) is 0.0874. The highest BCUT2D eigenvalue weighted by molar-refractivity contribution is 7.22. The fourth-order valence-corrected chi connectivity index (χ4v) is 5.60. The van der Waals surface area contributed by atoms with Crippen molar-refractivity contribution >= 4 is 60.3 Å². The van der Waals surface area contributed by atoms with Crippen LogP contribution in [0.15, 0.2) is 73.1 Å². The van der Waals surface area contributed by atoms with Gasteiger partial charge in [0.1, 0.15) is 0 Å². The van der Waals surface area contributed by atoms with Crippen molar-refractivity contribution in [1.82, 2.24) is 20.3 Å². The number of nitrogens with zero attached hydrogens (tertiary/aromatic N) is 1. The molecule has 0 saturated heterocycles. The minimum absolute atomic E-state index is 0.0630. The number of rotatable bonds is 6. The maximum atomic E-state index is 13.1. The Morgan fingerprint density at radius 3 is 2.68 bits per heavy atom. The number of thiazole rings is 1. The number of nitrogens with one attached hydrogen (secondary N) is 4. The van der Waals surface area contributed by atoms with Crippen molar-refractivity contribution in [2.45, 2.75) is 19.4 Å². The Balaban J connectivity index is 1.13. The molecule has 0 radical (unpaired) electrons. The van der Waals surface area contributed by atoms with Crippen molar-refractivity contribution < 1.29 is 9.59 Å². The van der Waals surface area contributed by atoms with Gasteiger partial charge in [-0.3, -0.25) is 9.59 Å². The summed E-state index contributed by atoms with van der Waals surface area (Å²) in [4.78, 5) is 36.2. The standard InChI is InChI=1S/C29H23N5O2S/c35-27(17-2-3-17)34-29-33-25-8-5-19(13-26(25)37-29)18-4-7-24-21(12-18)22(15-31-24)28(36)32-14-16-1-6-23-20(11-16)9-10-30-23/h1,4-13,15,17,30-31H,2-3,14H2,(H,32,36)(H,33,34,35). The highest BCUT2D eigenvalue weighted by Gasteiger charge is 2.30. The average Bonchev–Trinajstić information content (AvgIpc) is 3.32. The third-order valence-corrected chi connectivity index (χ3v) is 7.83. The number of fused-ring (bicyclic) bond motifs is 3. The zero-order valence-corrected chi connectivity index (χ0v) is 20.6. The van der Waals surface area contributed by atoms with Gasteiger partial charge in [-0.05, 0) is 77.4 Å². The molecule has 0 spiro atoms. The molecule has 3 heterocycles. The first-order valence-electron chi connectivity index (χ1n) is 12.3. The predicted molar refractivity (Wildman–Crippen MR) is 148 cm³/mol. The first kappa shape index (κ1) is 21.8. The van der Waals surface area contributed by atoms with Crippen LogP contribution in [0.2, 0.25) is 0 Å². The minimum atomic E-state index is -0.119. The lowest BCUT2D eigenvalue weighted by Crippen LogP contribution is -2.22. The van der Waals surface area contributed by atoms with E-state index in [1.807, 2.05) is 54.7 Å². The summed E-state index contributed by atoms with van der Waals surface area (Å²) < 4.78 is 1.01. The number of H-pyrrole nitrogens is 2. The van der Waals surface area contributed by atoms with Gasteiger partial charge in [0.05, 0.1) is 15.8 Å². The third-order valence-electron chi connectivity index (χ3n) is 6.90. The van der Waals surface area contributed by atoms with Crippen LogP contribution in [0, 0.1) is 5.92 Å². The molecular formula is C29H23N5O2S. The summed E-state index contributed by atoms with van der Waals surface area (Å²) in [5, 5.41) is 8.63. The first-order valence-corrected chi connectivity index (χ1v) is 13.1. The molecule has 8 heteroatoms. The van der Waals surface area contributed by atoms with Gasteiger partial charge in [0.25, 0.3) is 5.91 Å². The Kier molecular flexibility index (Phi) is 5.07. The van der Waals surface area contributed by atoms with E-state index in [9.17, 15) is 9.59 Å². The van der Waals surface area contributed by atoms with Gasteiger partial charge in [-0.15, -0.1) is 0 Å². The first-order chi connectivity index (χ1) is 18.1. The zero-order chi connectivity index (χ0) is 24.9. The number of carbonyl (C=O) groups is 2. The van der Waals surface area contributed by atoms with Crippen LogP contribution in [0.1, 0.15) is 28.8 Å². The van der Waals surface area contributed by atoms with Crippen LogP contribution < -0.4 is 10.6 Å². The molecule has 2 amide bonds. The van der Waals surface area contributed by atoms with Crippen LogP contribution in [0.4, 0.5) is 5.13 Å². The predicted octanol–water partition coefficient (Wildman–Crippen LogP) is 6.20. The van der Waals surface area contributed by atoms with Gasteiger partial charge in [-0.1, -0.05) is 29.5 Å². The topological polar surface area (TPSA) is 103 Å². The van der Waals surface area contributed by atoms with Crippen molar-refractivity contribution in [3.63, 3.8) is 0 Å². The summed E-state index contributed by atoms with van der Waals surface area (Å²) in [6.45, 7) is 0.452. The van der Waals surface area contributed by atoms with E-state index in [4.69, 9.17) is 0 Å². The summed E-state index contributed by atoms with van der Waals surface area (Å²) in [7, 11) is 0. The van der Waals surface area contributed by atoms with Crippen LogP contribution in [0.25, 0.3) is 43.1 Å². The maximum absolute atomic E-state index is 13.1. The second kappa shape index (κ2) is 8.60.